The Morgan fingerprint density at radius 3 is 2.92 bits per heavy atom. The monoisotopic (exact) mass is 368 g/mol. The lowest BCUT2D eigenvalue weighted by Gasteiger charge is -2.14. The molecule has 26 heavy (non-hydrogen) atoms. The summed E-state index contributed by atoms with van der Waals surface area (Å²) in [5, 5.41) is 14.8. The summed E-state index contributed by atoms with van der Waals surface area (Å²) in [4.78, 5) is 20.1. The van der Waals surface area contributed by atoms with Crippen LogP contribution >= 0.6 is 11.6 Å². The second-order valence-electron chi connectivity index (χ2n) is 6.30. The van der Waals surface area contributed by atoms with E-state index in [1.807, 2.05) is 17.7 Å². The van der Waals surface area contributed by atoms with Crippen molar-refractivity contribution < 1.29 is 9.90 Å². The van der Waals surface area contributed by atoms with Crippen LogP contribution in [0.4, 0.5) is 0 Å². The first-order chi connectivity index (χ1) is 12.6. The van der Waals surface area contributed by atoms with E-state index in [9.17, 15) is 4.79 Å². The maximum absolute atomic E-state index is 11.1. The first kappa shape index (κ1) is 16.7. The molecule has 0 bridgehead atoms. The van der Waals surface area contributed by atoms with Gasteiger partial charge in [0.05, 0.1) is 11.9 Å². The second kappa shape index (κ2) is 6.53. The predicted molar refractivity (Wildman–Crippen MR) is 100 cm³/mol. The average molecular weight is 369 g/mol. The van der Waals surface area contributed by atoms with Crippen LogP contribution in [-0.4, -0.2) is 30.8 Å². The Bertz CT molecular complexity index is 1040. The first-order valence-corrected chi connectivity index (χ1v) is 8.88. The highest BCUT2D eigenvalue weighted by Gasteiger charge is 2.30. The molecule has 3 aromatic rings. The molecule has 0 unspecified atom stereocenters. The van der Waals surface area contributed by atoms with E-state index in [2.05, 4.69) is 10.1 Å². The third-order valence-corrected chi connectivity index (χ3v) is 4.73. The number of pyridine rings is 2. The Kier molecular flexibility index (Phi) is 4.20. The predicted octanol–water partition coefficient (Wildman–Crippen LogP) is 4.14. The molecule has 7 heteroatoms. The third-order valence-electron chi connectivity index (χ3n) is 4.52. The minimum atomic E-state index is -0.991. The summed E-state index contributed by atoms with van der Waals surface area (Å²) < 4.78 is 1.86. The molecular formula is C19H17ClN4O2. The molecule has 0 amide bonds. The summed E-state index contributed by atoms with van der Waals surface area (Å²) >= 11 is 6.11. The molecule has 3 heterocycles. The van der Waals surface area contributed by atoms with E-state index in [0.717, 1.165) is 52.3 Å². The number of hydrogen-bond donors (Lipinski definition) is 1. The number of nitrogens with zero attached hydrogens (tertiary/aromatic N) is 4. The molecule has 3 aromatic heterocycles. The SMILES string of the molecule is CCn1ncc2c(-c3ccnc(Cl)c3)c(/C=C/C(=O)O)c(C3CC3)nc21. The quantitative estimate of drug-likeness (QED) is 0.540. The van der Waals surface area contributed by atoms with Gasteiger partial charge in [-0.2, -0.15) is 5.10 Å². The van der Waals surface area contributed by atoms with E-state index in [4.69, 9.17) is 21.7 Å². The van der Waals surface area contributed by atoms with Crippen LogP contribution in [0, 0.1) is 0 Å². The number of fused-ring (bicyclic) bond motifs is 1. The zero-order valence-corrected chi connectivity index (χ0v) is 14.9. The van der Waals surface area contributed by atoms with Gasteiger partial charge in [-0.25, -0.2) is 19.4 Å². The Balaban J connectivity index is 2.08. The van der Waals surface area contributed by atoms with Gasteiger partial charge < -0.3 is 5.11 Å². The molecule has 0 spiro atoms. The van der Waals surface area contributed by atoms with Crippen molar-refractivity contribution in [2.24, 2.45) is 0 Å². The smallest absolute Gasteiger partial charge is 0.328 e. The minimum Gasteiger partial charge on any atom is -0.478 e. The standard InChI is InChI=1S/C19H17ClN4O2/c1-2-24-19-14(10-22-24)17(12-7-8-21-15(20)9-12)13(5-6-16(25)26)18(23-19)11-3-4-11/h5-11H,2-4H2,1H3,(H,25,26)/b6-5+. The fourth-order valence-electron chi connectivity index (χ4n) is 3.21. The molecule has 0 saturated heterocycles. The molecule has 1 fully saturated rings. The molecule has 0 aliphatic heterocycles. The minimum absolute atomic E-state index is 0.351. The zero-order chi connectivity index (χ0) is 18.3. The number of carboxylic acids is 1. The summed E-state index contributed by atoms with van der Waals surface area (Å²) in [6, 6.07) is 3.66. The van der Waals surface area contributed by atoms with E-state index < -0.39 is 5.97 Å². The van der Waals surface area contributed by atoms with E-state index in [1.165, 1.54) is 0 Å². The lowest BCUT2D eigenvalue weighted by atomic mass is 9.95. The van der Waals surface area contributed by atoms with Crippen LogP contribution in [0.2, 0.25) is 5.15 Å². The summed E-state index contributed by atoms with van der Waals surface area (Å²) in [7, 11) is 0. The number of hydrogen-bond acceptors (Lipinski definition) is 4. The Morgan fingerprint density at radius 1 is 1.46 bits per heavy atom. The van der Waals surface area contributed by atoms with Crippen LogP contribution in [0.15, 0.2) is 30.6 Å². The summed E-state index contributed by atoms with van der Waals surface area (Å²) in [6.07, 6.45) is 8.34. The summed E-state index contributed by atoms with van der Waals surface area (Å²) in [5.74, 6) is -0.640. The number of halogens is 1. The van der Waals surface area contributed by atoms with Gasteiger partial charge in [0.25, 0.3) is 0 Å². The van der Waals surface area contributed by atoms with Crippen LogP contribution in [0.3, 0.4) is 0 Å². The lowest BCUT2D eigenvalue weighted by Crippen LogP contribution is -2.02. The zero-order valence-electron chi connectivity index (χ0n) is 14.2. The maximum Gasteiger partial charge on any atom is 0.328 e. The van der Waals surface area contributed by atoms with Crippen LogP contribution < -0.4 is 0 Å². The highest BCUT2D eigenvalue weighted by Crippen LogP contribution is 2.45. The second-order valence-corrected chi connectivity index (χ2v) is 6.68. The van der Waals surface area contributed by atoms with Gasteiger partial charge in [0.1, 0.15) is 5.15 Å². The van der Waals surface area contributed by atoms with E-state index in [1.54, 1.807) is 24.5 Å². The van der Waals surface area contributed by atoms with E-state index in [0.29, 0.717) is 17.6 Å². The van der Waals surface area contributed by atoms with Gasteiger partial charge in [0.15, 0.2) is 5.65 Å². The third kappa shape index (κ3) is 2.97. The molecule has 132 valence electrons. The molecule has 0 atom stereocenters. The van der Waals surface area contributed by atoms with Crippen molar-refractivity contribution in [1.82, 2.24) is 19.7 Å². The van der Waals surface area contributed by atoms with Crippen molar-refractivity contribution in [3.63, 3.8) is 0 Å². The first-order valence-electron chi connectivity index (χ1n) is 8.50. The van der Waals surface area contributed by atoms with Gasteiger partial charge in [0.2, 0.25) is 0 Å². The fraction of sp³-hybridized carbons (Fsp3) is 0.263. The van der Waals surface area contributed by atoms with Crippen LogP contribution in [0.1, 0.15) is 36.9 Å². The number of carboxylic acid groups (broad SMARTS) is 1. The molecule has 1 saturated carbocycles. The van der Waals surface area contributed by atoms with Crippen molar-refractivity contribution in [2.75, 3.05) is 0 Å². The summed E-state index contributed by atoms with van der Waals surface area (Å²) in [5.41, 5.74) is 4.33. The molecule has 1 aliphatic carbocycles. The molecule has 0 aromatic carbocycles. The highest BCUT2D eigenvalue weighted by molar-refractivity contribution is 6.29. The van der Waals surface area contributed by atoms with Crippen molar-refractivity contribution in [2.45, 2.75) is 32.2 Å². The number of aryl methyl sites for hydroxylation is 1. The summed E-state index contributed by atoms with van der Waals surface area (Å²) in [6.45, 7) is 2.73. The molecule has 6 nitrogen and oxygen atoms in total. The Hall–Kier alpha value is -2.73. The van der Waals surface area contributed by atoms with Gasteiger partial charge in [-0.3, -0.25) is 0 Å². The van der Waals surface area contributed by atoms with Gasteiger partial charge in [-0.05, 0) is 43.5 Å². The number of aliphatic carboxylic acids is 1. The van der Waals surface area contributed by atoms with E-state index >= 15 is 0 Å². The number of rotatable bonds is 5. The Morgan fingerprint density at radius 2 is 2.27 bits per heavy atom. The molecular weight excluding hydrogens is 352 g/mol. The molecule has 1 N–H and O–H groups in total. The van der Waals surface area contributed by atoms with E-state index in [-0.39, 0.29) is 0 Å². The van der Waals surface area contributed by atoms with Gasteiger partial charge in [0, 0.05) is 41.2 Å². The normalized spacial score (nSPS) is 14.4. The van der Waals surface area contributed by atoms with Crippen molar-refractivity contribution in [3.8, 4) is 11.1 Å². The van der Waals surface area contributed by atoms with Gasteiger partial charge in [-0.15, -0.1) is 0 Å². The maximum atomic E-state index is 11.1. The van der Waals surface area contributed by atoms with Crippen LogP contribution in [0.25, 0.3) is 28.2 Å². The van der Waals surface area contributed by atoms with Crippen molar-refractivity contribution >= 4 is 34.7 Å². The largest absolute Gasteiger partial charge is 0.478 e. The van der Waals surface area contributed by atoms with Gasteiger partial charge in [-0.1, -0.05) is 11.6 Å². The topological polar surface area (TPSA) is 80.9 Å². The number of aromatic nitrogens is 4. The Labute approximate surface area is 155 Å². The van der Waals surface area contributed by atoms with Crippen LogP contribution in [0.5, 0.6) is 0 Å². The van der Waals surface area contributed by atoms with Crippen molar-refractivity contribution in [1.29, 1.82) is 0 Å². The molecule has 1 aliphatic rings. The molecule has 0 radical (unpaired) electrons. The lowest BCUT2D eigenvalue weighted by molar-refractivity contribution is -0.131. The van der Waals surface area contributed by atoms with Crippen molar-refractivity contribution in [3.05, 3.63) is 47.0 Å². The van der Waals surface area contributed by atoms with Gasteiger partial charge >= 0.3 is 5.97 Å². The highest BCUT2D eigenvalue weighted by atomic mass is 35.5. The fourth-order valence-corrected chi connectivity index (χ4v) is 3.39. The number of carbonyl (C=O) groups is 1. The van der Waals surface area contributed by atoms with Crippen LogP contribution in [-0.2, 0) is 11.3 Å². The average Bonchev–Trinajstić information content (AvgIpc) is 3.38. The molecule has 4 rings (SSSR count).